The van der Waals surface area contributed by atoms with Crippen molar-refractivity contribution < 1.29 is 17.9 Å². The standard InChI is InChI=1S/C24H22N2O4S/c27-23-21-16-25-17-22(31(28,29)20-14-8-3-9-15-20)26(21)24(30-23,18-10-4-1-5-11-18)19-12-6-2-7-13-19/h1-15,21-22,25H,16-17H2. The Kier molecular flexibility index (Phi) is 4.89. The van der Waals surface area contributed by atoms with E-state index in [-0.39, 0.29) is 11.4 Å². The van der Waals surface area contributed by atoms with Gasteiger partial charge in [0.25, 0.3) is 0 Å². The molecule has 0 aliphatic carbocycles. The Labute approximate surface area is 181 Å². The molecule has 31 heavy (non-hydrogen) atoms. The van der Waals surface area contributed by atoms with Gasteiger partial charge < -0.3 is 10.1 Å². The van der Waals surface area contributed by atoms with Crippen molar-refractivity contribution in [3.63, 3.8) is 0 Å². The van der Waals surface area contributed by atoms with Crippen molar-refractivity contribution in [2.75, 3.05) is 13.1 Å². The summed E-state index contributed by atoms with van der Waals surface area (Å²) in [5, 5.41) is 2.15. The lowest BCUT2D eigenvalue weighted by atomic mass is 9.92. The molecule has 158 valence electrons. The van der Waals surface area contributed by atoms with Crippen LogP contribution in [-0.4, -0.2) is 43.8 Å². The number of carbonyl (C=O) groups is 1. The molecule has 0 amide bonds. The minimum absolute atomic E-state index is 0.186. The summed E-state index contributed by atoms with van der Waals surface area (Å²) in [7, 11) is -3.80. The van der Waals surface area contributed by atoms with Gasteiger partial charge in [0.05, 0.1) is 4.90 Å². The van der Waals surface area contributed by atoms with E-state index >= 15 is 0 Å². The van der Waals surface area contributed by atoms with Crippen LogP contribution in [0.2, 0.25) is 0 Å². The van der Waals surface area contributed by atoms with E-state index in [1.54, 1.807) is 35.2 Å². The number of hydrogen-bond acceptors (Lipinski definition) is 6. The minimum atomic E-state index is -3.80. The smallest absolute Gasteiger partial charge is 0.327 e. The van der Waals surface area contributed by atoms with Gasteiger partial charge in [-0.05, 0) is 12.1 Å². The monoisotopic (exact) mass is 434 g/mol. The molecule has 0 saturated carbocycles. The van der Waals surface area contributed by atoms with E-state index in [2.05, 4.69) is 5.32 Å². The van der Waals surface area contributed by atoms with Gasteiger partial charge >= 0.3 is 5.97 Å². The summed E-state index contributed by atoms with van der Waals surface area (Å²) in [5.41, 5.74) is 0.0956. The molecular weight excluding hydrogens is 412 g/mol. The molecule has 2 atom stereocenters. The quantitative estimate of drug-likeness (QED) is 0.636. The van der Waals surface area contributed by atoms with Crippen LogP contribution in [-0.2, 0) is 25.1 Å². The molecule has 2 saturated heterocycles. The SMILES string of the molecule is O=C1OC(c2ccccc2)(c2ccccc2)N2C1CNCC2S(=O)(=O)c1ccccc1. The summed E-state index contributed by atoms with van der Waals surface area (Å²) in [6.45, 7) is 0.507. The summed E-state index contributed by atoms with van der Waals surface area (Å²) in [6.07, 6.45) is 0. The number of esters is 1. The Bertz CT molecular complexity index is 1140. The van der Waals surface area contributed by atoms with E-state index in [1.165, 1.54) is 0 Å². The number of cyclic esters (lactones) is 1. The van der Waals surface area contributed by atoms with Crippen molar-refractivity contribution in [1.29, 1.82) is 0 Å². The number of piperazine rings is 1. The van der Waals surface area contributed by atoms with Crippen LogP contribution in [0.1, 0.15) is 11.1 Å². The second-order valence-electron chi connectivity index (χ2n) is 7.69. The molecule has 0 bridgehead atoms. The van der Waals surface area contributed by atoms with Gasteiger partial charge in [-0.25, -0.2) is 13.3 Å². The first-order valence-corrected chi connectivity index (χ1v) is 11.7. The summed E-state index contributed by atoms with van der Waals surface area (Å²) >= 11 is 0. The van der Waals surface area contributed by atoms with Crippen LogP contribution in [0, 0.1) is 0 Å². The average Bonchev–Trinajstić information content (AvgIpc) is 3.14. The van der Waals surface area contributed by atoms with Crippen LogP contribution in [0.25, 0.3) is 0 Å². The number of benzene rings is 3. The zero-order valence-electron chi connectivity index (χ0n) is 16.7. The van der Waals surface area contributed by atoms with Gasteiger partial charge in [-0.1, -0.05) is 78.9 Å². The fraction of sp³-hybridized carbons (Fsp3) is 0.208. The zero-order valence-corrected chi connectivity index (χ0v) is 17.5. The summed E-state index contributed by atoms with van der Waals surface area (Å²) in [6, 6.07) is 26.3. The normalized spacial score (nSPS) is 23.2. The van der Waals surface area contributed by atoms with Gasteiger partial charge in [-0.15, -0.1) is 0 Å². The van der Waals surface area contributed by atoms with Gasteiger partial charge in [-0.2, -0.15) is 0 Å². The van der Waals surface area contributed by atoms with Crippen molar-refractivity contribution in [2.24, 2.45) is 0 Å². The van der Waals surface area contributed by atoms with Gasteiger partial charge in [0, 0.05) is 24.2 Å². The third-order valence-corrected chi connectivity index (χ3v) is 7.99. The number of rotatable bonds is 4. The van der Waals surface area contributed by atoms with Crippen molar-refractivity contribution in [3.8, 4) is 0 Å². The number of nitrogens with one attached hydrogen (secondary N) is 1. The molecule has 3 aromatic carbocycles. The predicted octanol–water partition coefficient (Wildman–Crippen LogP) is 2.52. The third kappa shape index (κ3) is 3.08. The largest absolute Gasteiger partial charge is 0.434 e. The maximum absolute atomic E-state index is 13.7. The summed E-state index contributed by atoms with van der Waals surface area (Å²) in [4.78, 5) is 15.0. The lowest BCUT2D eigenvalue weighted by Gasteiger charge is -2.44. The van der Waals surface area contributed by atoms with Crippen LogP contribution < -0.4 is 5.32 Å². The number of sulfone groups is 1. The fourth-order valence-corrected chi connectivity index (χ4v) is 6.35. The van der Waals surface area contributed by atoms with Crippen molar-refractivity contribution in [3.05, 3.63) is 102 Å². The van der Waals surface area contributed by atoms with Crippen molar-refractivity contribution >= 4 is 15.8 Å². The first kappa shape index (κ1) is 19.9. The molecule has 0 radical (unpaired) electrons. The van der Waals surface area contributed by atoms with E-state index in [4.69, 9.17) is 4.74 Å². The Morgan fingerprint density at radius 3 is 1.87 bits per heavy atom. The molecule has 2 fully saturated rings. The van der Waals surface area contributed by atoms with E-state index in [1.807, 2.05) is 60.7 Å². The Balaban J connectivity index is 1.75. The van der Waals surface area contributed by atoms with Crippen molar-refractivity contribution in [1.82, 2.24) is 10.2 Å². The first-order valence-electron chi connectivity index (χ1n) is 10.2. The van der Waals surface area contributed by atoms with Gasteiger partial charge in [0.2, 0.25) is 5.72 Å². The Morgan fingerprint density at radius 1 is 0.806 bits per heavy atom. The van der Waals surface area contributed by atoms with Crippen molar-refractivity contribution in [2.45, 2.75) is 22.0 Å². The van der Waals surface area contributed by atoms with Crippen LogP contribution in [0.3, 0.4) is 0 Å². The number of carbonyl (C=O) groups excluding carboxylic acids is 1. The summed E-state index contributed by atoms with van der Waals surface area (Å²) < 4.78 is 33.6. The Morgan fingerprint density at radius 2 is 1.32 bits per heavy atom. The number of ether oxygens (including phenoxy) is 1. The van der Waals surface area contributed by atoms with E-state index < -0.39 is 32.9 Å². The molecule has 2 aliphatic heterocycles. The molecule has 0 aromatic heterocycles. The van der Waals surface area contributed by atoms with E-state index in [0.29, 0.717) is 17.7 Å². The van der Waals surface area contributed by atoms with Crippen LogP contribution in [0.4, 0.5) is 0 Å². The lowest BCUT2D eigenvalue weighted by Crippen LogP contribution is -2.64. The predicted molar refractivity (Wildman–Crippen MR) is 116 cm³/mol. The highest BCUT2D eigenvalue weighted by atomic mass is 32.2. The number of nitrogens with zero attached hydrogens (tertiary/aromatic N) is 1. The molecule has 1 N–H and O–H groups in total. The average molecular weight is 435 g/mol. The second-order valence-corrected chi connectivity index (χ2v) is 9.80. The second kappa shape index (κ2) is 7.60. The summed E-state index contributed by atoms with van der Waals surface area (Å²) in [5.74, 6) is -0.437. The van der Waals surface area contributed by atoms with Crippen LogP contribution >= 0.6 is 0 Å². The molecule has 2 aliphatic rings. The highest BCUT2D eigenvalue weighted by Gasteiger charge is 2.61. The molecule has 6 nitrogen and oxygen atoms in total. The number of fused-ring (bicyclic) bond motifs is 1. The first-order chi connectivity index (χ1) is 15.0. The highest BCUT2D eigenvalue weighted by molar-refractivity contribution is 7.92. The molecule has 2 heterocycles. The third-order valence-electron chi connectivity index (χ3n) is 5.95. The fourth-order valence-electron chi connectivity index (χ4n) is 4.56. The van der Waals surface area contributed by atoms with Crippen LogP contribution in [0.15, 0.2) is 95.9 Å². The van der Waals surface area contributed by atoms with Crippen LogP contribution in [0.5, 0.6) is 0 Å². The molecular formula is C24H22N2O4S. The minimum Gasteiger partial charge on any atom is -0.434 e. The van der Waals surface area contributed by atoms with Gasteiger partial charge in [-0.3, -0.25) is 4.79 Å². The number of hydrogen-bond donors (Lipinski definition) is 1. The Hall–Kier alpha value is -3.00. The van der Waals surface area contributed by atoms with Gasteiger partial charge in [0.1, 0.15) is 11.4 Å². The molecule has 5 rings (SSSR count). The molecule has 3 aromatic rings. The maximum atomic E-state index is 13.7. The lowest BCUT2D eigenvalue weighted by molar-refractivity contribution is -0.150. The van der Waals surface area contributed by atoms with E-state index in [9.17, 15) is 13.2 Å². The zero-order chi connectivity index (χ0) is 21.5. The molecule has 0 spiro atoms. The molecule has 2 unspecified atom stereocenters. The highest BCUT2D eigenvalue weighted by Crippen LogP contribution is 2.47. The van der Waals surface area contributed by atoms with E-state index in [0.717, 1.165) is 0 Å². The van der Waals surface area contributed by atoms with Gasteiger partial charge in [0.15, 0.2) is 9.84 Å². The molecule has 7 heteroatoms. The maximum Gasteiger partial charge on any atom is 0.327 e. The topological polar surface area (TPSA) is 75.7 Å².